The van der Waals surface area contributed by atoms with Crippen molar-refractivity contribution in [2.45, 2.75) is 12.4 Å². The minimum Gasteiger partial charge on any atom is -0.322 e. The predicted octanol–water partition coefficient (Wildman–Crippen LogP) is 5.44. The second-order valence-corrected chi connectivity index (χ2v) is 7.43. The summed E-state index contributed by atoms with van der Waals surface area (Å²) in [5, 5.41) is 0.0714. The lowest BCUT2D eigenvalue weighted by molar-refractivity contribution is 0.628. The largest absolute Gasteiger partial charge is 0.322 e. The Hall–Kier alpha value is -0.620. The third kappa shape index (κ3) is 2.60. The maximum Gasteiger partial charge on any atom is 0.144 e. The quantitative estimate of drug-likeness (QED) is 0.541. The molecule has 7 heteroatoms. The van der Waals surface area contributed by atoms with Crippen molar-refractivity contribution < 1.29 is 4.39 Å². The molecule has 2 nitrogen and oxygen atoms in total. The van der Waals surface area contributed by atoms with E-state index < -0.39 is 5.82 Å². The Bertz CT molecular complexity index is 784. The molecule has 0 radical (unpaired) electrons. The van der Waals surface area contributed by atoms with Gasteiger partial charge < -0.3 is 4.57 Å². The molecule has 0 N–H and O–H groups in total. The van der Waals surface area contributed by atoms with Crippen LogP contribution in [0.1, 0.15) is 10.7 Å². The van der Waals surface area contributed by atoms with Gasteiger partial charge in [-0.3, -0.25) is 0 Å². The van der Waals surface area contributed by atoms with Crippen LogP contribution in [0, 0.1) is 5.82 Å². The van der Waals surface area contributed by atoms with E-state index in [1.807, 2.05) is 16.7 Å². The van der Waals surface area contributed by atoms with Gasteiger partial charge in [-0.1, -0.05) is 11.6 Å². The van der Waals surface area contributed by atoms with Crippen LogP contribution in [-0.2, 0) is 12.4 Å². The Balaban J connectivity index is 2.14. The highest BCUT2D eigenvalue weighted by molar-refractivity contribution is 9.11. The second kappa shape index (κ2) is 5.64. The first-order chi connectivity index (χ1) is 9.58. The molecule has 0 bridgehead atoms. The van der Waals surface area contributed by atoms with E-state index >= 15 is 0 Å². The van der Waals surface area contributed by atoms with E-state index in [4.69, 9.17) is 23.2 Å². The molecule has 0 atom stereocenters. The van der Waals surface area contributed by atoms with Crippen LogP contribution in [0.3, 0.4) is 0 Å². The summed E-state index contributed by atoms with van der Waals surface area (Å²) in [6.45, 7) is 0.607. The van der Waals surface area contributed by atoms with Crippen LogP contribution in [0.15, 0.2) is 28.1 Å². The standard InChI is InChI=1S/C13H8BrCl2FN2S/c14-12-2-1-7(20-12)6-19-11-4-9(17)8(16)3-10(11)18-13(19)5-15/h1-4H,5-6H2. The van der Waals surface area contributed by atoms with Crippen molar-refractivity contribution in [3.8, 4) is 0 Å². The molecule has 0 saturated heterocycles. The molecule has 2 aromatic heterocycles. The van der Waals surface area contributed by atoms with Gasteiger partial charge in [-0.15, -0.1) is 22.9 Å². The summed E-state index contributed by atoms with van der Waals surface area (Å²) >= 11 is 16.8. The maximum atomic E-state index is 13.7. The fraction of sp³-hybridized carbons (Fsp3) is 0.154. The molecule has 0 aliphatic carbocycles. The van der Waals surface area contributed by atoms with Gasteiger partial charge in [0, 0.05) is 10.9 Å². The van der Waals surface area contributed by atoms with Gasteiger partial charge in [-0.05, 0) is 34.1 Å². The van der Waals surface area contributed by atoms with Gasteiger partial charge in [0.25, 0.3) is 0 Å². The Morgan fingerprint density at radius 2 is 2.15 bits per heavy atom. The van der Waals surface area contributed by atoms with Gasteiger partial charge >= 0.3 is 0 Å². The Morgan fingerprint density at radius 1 is 1.35 bits per heavy atom. The lowest BCUT2D eigenvalue weighted by atomic mass is 10.3. The smallest absolute Gasteiger partial charge is 0.144 e. The number of aromatic nitrogens is 2. The first kappa shape index (κ1) is 14.3. The summed E-state index contributed by atoms with van der Waals surface area (Å²) in [5.41, 5.74) is 1.36. The number of halogens is 4. The highest BCUT2D eigenvalue weighted by Crippen LogP contribution is 2.28. The van der Waals surface area contributed by atoms with E-state index in [-0.39, 0.29) is 10.9 Å². The van der Waals surface area contributed by atoms with Gasteiger partial charge in [0.1, 0.15) is 11.6 Å². The number of rotatable bonds is 3. The summed E-state index contributed by atoms with van der Waals surface area (Å²) in [6, 6.07) is 6.94. The third-order valence-electron chi connectivity index (χ3n) is 2.93. The summed E-state index contributed by atoms with van der Waals surface area (Å²) in [5.74, 6) is 0.516. The number of hydrogen-bond donors (Lipinski definition) is 0. The Morgan fingerprint density at radius 3 is 2.80 bits per heavy atom. The number of fused-ring (bicyclic) bond motifs is 1. The summed E-state index contributed by atoms with van der Waals surface area (Å²) < 4.78 is 16.6. The SMILES string of the molecule is Fc1cc2c(cc1Cl)nc(CCl)n2Cc1ccc(Br)s1. The molecule has 0 amide bonds. The number of benzene rings is 1. The number of thiophene rings is 1. The minimum atomic E-state index is -0.450. The molecule has 1 aromatic carbocycles. The molecule has 2 heterocycles. The van der Waals surface area contributed by atoms with E-state index in [1.165, 1.54) is 12.1 Å². The van der Waals surface area contributed by atoms with Crippen molar-refractivity contribution in [2.75, 3.05) is 0 Å². The summed E-state index contributed by atoms with van der Waals surface area (Å²) in [6.07, 6.45) is 0. The average Bonchev–Trinajstić information content (AvgIpc) is 2.96. The van der Waals surface area contributed by atoms with Crippen molar-refractivity contribution in [1.82, 2.24) is 9.55 Å². The van der Waals surface area contributed by atoms with Crippen LogP contribution < -0.4 is 0 Å². The fourth-order valence-corrected chi connectivity index (χ4v) is 3.88. The molecule has 3 aromatic rings. The highest BCUT2D eigenvalue weighted by atomic mass is 79.9. The normalized spacial score (nSPS) is 11.4. The molecule has 104 valence electrons. The first-order valence-electron chi connectivity index (χ1n) is 5.73. The molecule has 3 rings (SSSR count). The predicted molar refractivity (Wildman–Crippen MR) is 85.4 cm³/mol. The zero-order valence-corrected chi connectivity index (χ0v) is 14.0. The van der Waals surface area contributed by atoms with Crippen molar-refractivity contribution >= 4 is 61.5 Å². The van der Waals surface area contributed by atoms with Crippen molar-refractivity contribution in [2.24, 2.45) is 0 Å². The molecule has 0 fully saturated rings. The molecule has 20 heavy (non-hydrogen) atoms. The van der Waals surface area contributed by atoms with Crippen LogP contribution in [0.5, 0.6) is 0 Å². The van der Waals surface area contributed by atoms with Gasteiger partial charge in [-0.2, -0.15) is 0 Å². The zero-order chi connectivity index (χ0) is 14.3. The van der Waals surface area contributed by atoms with E-state index in [9.17, 15) is 4.39 Å². The number of imidazole rings is 1. The van der Waals surface area contributed by atoms with Gasteiger partial charge in [0.2, 0.25) is 0 Å². The van der Waals surface area contributed by atoms with Crippen LogP contribution >= 0.6 is 50.5 Å². The monoisotopic (exact) mass is 392 g/mol. The van der Waals surface area contributed by atoms with Gasteiger partial charge in [0.15, 0.2) is 0 Å². The van der Waals surface area contributed by atoms with Crippen molar-refractivity contribution in [3.05, 3.63) is 49.6 Å². The van der Waals surface area contributed by atoms with Crippen molar-refractivity contribution in [3.63, 3.8) is 0 Å². The van der Waals surface area contributed by atoms with Crippen LogP contribution in [0.2, 0.25) is 5.02 Å². The van der Waals surface area contributed by atoms with E-state index in [0.717, 1.165) is 8.66 Å². The second-order valence-electron chi connectivity index (χ2n) is 4.21. The van der Waals surface area contributed by atoms with Crippen LogP contribution in [0.25, 0.3) is 11.0 Å². The number of alkyl halides is 1. The van der Waals surface area contributed by atoms with Crippen LogP contribution in [-0.4, -0.2) is 9.55 Å². The zero-order valence-electron chi connectivity index (χ0n) is 10.0. The molecule has 0 unspecified atom stereocenters. The molecule has 0 saturated carbocycles. The van der Waals surface area contributed by atoms with Gasteiger partial charge in [0.05, 0.1) is 32.3 Å². The minimum absolute atomic E-state index is 0.0714. The molecule has 0 aliphatic rings. The van der Waals surface area contributed by atoms with Crippen LogP contribution in [0.4, 0.5) is 4.39 Å². The Kier molecular flexibility index (Phi) is 4.04. The van der Waals surface area contributed by atoms with E-state index in [2.05, 4.69) is 20.9 Å². The lowest BCUT2D eigenvalue weighted by Crippen LogP contribution is -2.02. The molecular weight excluding hydrogens is 386 g/mol. The maximum absolute atomic E-state index is 13.7. The van der Waals surface area contributed by atoms with Gasteiger partial charge in [-0.25, -0.2) is 9.37 Å². The molecule has 0 aliphatic heterocycles. The average molecular weight is 394 g/mol. The fourth-order valence-electron chi connectivity index (χ4n) is 2.04. The summed E-state index contributed by atoms with van der Waals surface area (Å²) in [7, 11) is 0. The molecule has 0 spiro atoms. The summed E-state index contributed by atoms with van der Waals surface area (Å²) in [4.78, 5) is 5.55. The first-order valence-corrected chi connectivity index (χ1v) is 8.25. The number of nitrogens with zero attached hydrogens (tertiary/aromatic N) is 2. The lowest BCUT2D eigenvalue weighted by Gasteiger charge is -2.06. The third-order valence-corrected chi connectivity index (χ3v) is 5.07. The van der Waals surface area contributed by atoms with Crippen molar-refractivity contribution in [1.29, 1.82) is 0 Å². The number of hydrogen-bond acceptors (Lipinski definition) is 2. The topological polar surface area (TPSA) is 17.8 Å². The van der Waals surface area contributed by atoms with E-state index in [0.29, 0.717) is 23.4 Å². The molecular formula is C13H8BrCl2FN2S. The Labute approximate surface area is 137 Å². The van der Waals surface area contributed by atoms with E-state index in [1.54, 1.807) is 11.3 Å². The highest BCUT2D eigenvalue weighted by Gasteiger charge is 2.14.